The van der Waals surface area contributed by atoms with Gasteiger partial charge >= 0.3 is 0 Å². The van der Waals surface area contributed by atoms with Crippen LogP contribution >= 0.6 is 23.2 Å². The summed E-state index contributed by atoms with van der Waals surface area (Å²) >= 11 is 12.2. The molecule has 2 atom stereocenters. The van der Waals surface area contributed by atoms with Gasteiger partial charge in [-0.15, -0.1) is 0 Å². The van der Waals surface area contributed by atoms with Gasteiger partial charge in [-0.2, -0.15) is 4.98 Å². The number of carbonyl (C=O) groups is 1. The Morgan fingerprint density at radius 2 is 2.06 bits per heavy atom. The molecule has 10 heteroatoms. The number of carbonyl (C=O) groups excluding carboxylic acids is 1. The molecule has 2 unspecified atom stereocenters. The van der Waals surface area contributed by atoms with Crippen LogP contribution in [-0.2, 0) is 11.3 Å². The molecule has 1 saturated heterocycles. The Kier molecular flexibility index (Phi) is 8.49. The minimum atomic E-state index is -0.148. The number of nitrogens with zero attached hydrogens (tertiary/aromatic N) is 3. The van der Waals surface area contributed by atoms with Crippen LogP contribution in [0, 0.1) is 5.92 Å². The van der Waals surface area contributed by atoms with Crippen molar-refractivity contribution in [3.8, 4) is 22.9 Å². The van der Waals surface area contributed by atoms with Crippen LogP contribution in [0.1, 0.15) is 25.7 Å². The van der Waals surface area contributed by atoms with Crippen LogP contribution in [0.25, 0.3) is 11.4 Å². The van der Waals surface area contributed by atoms with Crippen molar-refractivity contribution in [1.29, 1.82) is 0 Å². The summed E-state index contributed by atoms with van der Waals surface area (Å²) < 4.78 is 16.6. The molecule has 1 aliphatic heterocycles. The number of para-hydroxylation sites is 2. The van der Waals surface area contributed by atoms with Gasteiger partial charge in [-0.05, 0) is 56.6 Å². The second kappa shape index (κ2) is 11.7. The summed E-state index contributed by atoms with van der Waals surface area (Å²) in [7, 11) is 1.60. The molecule has 3 aromatic rings. The molecule has 35 heavy (non-hydrogen) atoms. The number of rotatable bonds is 9. The minimum absolute atomic E-state index is 0.0185. The molecule has 0 saturated carbocycles. The molecule has 186 valence electrons. The van der Waals surface area contributed by atoms with Crippen molar-refractivity contribution in [3.63, 3.8) is 0 Å². The fraction of sp³-hybridized carbons (Fsp3) is 0.400. The molecule has 1 N–H and O–H groups in total. The molecule has 8 nitrogen and oxygen atoms in total. The van der Waals surface area contributed by atoms with E-state index in [-0.39, 0.29) is 17.9 Å². The number of piperidine rings is 1. The van der Waals surface area contributed by atoms with Crippen molar-refractivity contribution < 1.29 is 18.8 Å². The molecule has 1 aromatic heterocycles. The lowest BCUT2D eigenvalue weighted by Crippen LogP contribution is -2.46. The second-order valence-electron chi connectivity index (χ2n) is 8.58. The summed E-state index contributed by atoms with van der Waals surface area (Å²) in [5.74, 6) is 2.10. The van der Waals surface area contributed by atoms with Crippen molar-refractivity contribution >= 4 is 29.1 Å². The van der Waals surface area contributed by atoms with Crippen molar-refractivity contribution in [2.75, 3.05) is 26.8 Å². The third kappa shape index (κ3) is 6.66. The Morgan fingerprint density at radius 1 is 1.26 bits per heavy atom. The van der Waals surface area contributed by atoms with Crippen LogP contribution in [-0.4, -0.2) is 53.8 Å². The maximum Gasteiger partial charge on any atom is 0.241 e. The van der Waals surface area contributed by atoms with Crippen LogP contribution in [0.5, 0.6) is 11.5 Å². The summed E-state index contributed by atoms with van der Waals surface area (Å²) in [6, 6.07) is 12.4. The summed E-state index contributed by atoms with van der Waals surface area (Å²) in [6.45, 7) is 4.21. The zero-order valence-corrected chi connectivity index (χ0v) is 21.2. The fourth-order valence-electron chi connectivity index (χ4n) is 4.06. The third-order valence-electron chi connectivity index (χ3n) is 5.82. The molecule has 0 aliphatic carbocycles. The number of aromatic nitrogens is 2. The van der Waals surface area contributed by atoms with Crippen LogP contribution < -0.4 is 14.8 Å². The molecule has 2 aromatic carbocycles. The number of hydrogen-bond acceptors (Lipinski definition) is 7. The molecular formula is C25H28Cl2N4O4. The number of nitrogens with one attached hydrogen (secondary N) is 1. The number of halogens is 2. The number of ether oxygens (including phenoxy) is 2. The van der Waals surface area contributed by atoms with Crippen LogP contribution in [0.2, 0.25) is 10.0 Å². The molecule has 0 spiro atoms. The fourth-order valence-corrected chi connectivity index (χ4v) is 4.55. The largest absolute Gasteiger partial charge is 0.493 e. The van der Waals surface area contributed by atoms with Crippen molar-refractivity contribution in [3.05, 3.63) is 58.4 Å². The van der Waals surface area contributed by atoms with E-state index in [1.54, 1.807) is 25.3 Å². The van der Waals surface area contributed by atoms with E-state index in [9.17, 15) is 4.79 Å². The first-order chi connectivity index (χ1) is 16.9. The van der Waals surface area contributed by atoms with Gasteiger partial charge in [0, 0.05) is 17.1 Å². The molecule has 1 aliphatic rings. The lowest BCUT2D eigenvalue weighted by atomic mass is 9.97. The zero-order chi connectivity index (χ0) is 24.8. The smallest absolute Gasteiger partial charge is 0.241 e. The molecular weight excluding hydrogens is 491 g/mol. The summed E-state index contributed by atoms with van der Waals surface area (Å²) in [6.07, 6.45) is 1.74. The lowest BCUT2D eigenvalue weighted by Gasteiger charge is -2.31. The predicted molar refractivity (Wildman–Crippen MR) is 134 cm³/mol. The van der Waals surface area contributed by atoms with E-state index in [1.807, 2.05) is 31.2 Å². The van der Waals surface area contributed by atoms with Crippen molar-refractivity contribution in [2.45, 2.75) is 32.4 Å². The standard InChI is InChI=1S/C25H28Cl2N4O4/c1-16(15-34-22-8-4-3-7-21(22)33-2)28-25(32)17-6-5-11-31(13-17)14-23-29-24(30-35-23)19-10-9-18(26)12-20(19)27/h3-4,7-10,12,16-17H,5-6,11,13-15H2,1-2H3,(H,28,32). The molecule has 4 rings (SSSR count). The van der Waals surface area contributed by atoms with Gasteiger partial charge in [-0.1, -0.05) is 40.5 Å². The van der Waals surface area contributed by atoms with Gasteiger partial charge in [0.15, 0.2) is 11.5 Å². The van der Waals surface area contributed by atoms with Gasteiger partial charge < -0.3 is 19.3 Å². The van der Waals surface area contributed by atoms with Gasteiger partial charge in [0.2, 0.25) is 17.6 Å². The highest BCUT2D eigenvalue weighted by molar-refractivity contribution is 6.36. The summed E-state index contributed by atoms with van der Waals surface area (Å²) in [5.41, 5.74) is 0.659. The molecule has 2 heterocycles. The molecule has 1 fully saturated rings. The first-order valence-corrected chi connectivity index (χ1v) is 12.2. The zero-order valence-electron chi connectivity index (χ0n) is 19.7. The van der Waals surface area contributed by atoms with Crippen LogP contribution in [0.15, 0.2) is 47.0 Å². The van der Waals surface area contributed by atoms with Crippen molar-refractivity contribution in [1.82, 2.24) is 20.4 Å². The Hall–Kier alpha value is -2.81. The Labute approximate surface area is 214 Å². The minimum Gasteiger partial charge on any atom is -0.493 e. The normalized spacial score (nSPS) is 17.1. The van der Waals surface area contributed by atoms with E-state index in [0.717, 1.165) is 19.4 Å². The van der Waals surface area contributed by atoms with E-state index in [1.165, 1.54) is 0 Å². The first kappa shape index (κ1) is 25.3. The van der Waals surface area contributed by atoms with Gasteiger partial charge in [0.25, 0.3) is 0 Å². The summed E-state index contributed by atoms with van der Waals surface area (Å²) in [4.78, 5) is 19.5. The topological polar surface area (TPSA) is 89.7 Å². The predicted octanol–water partition coefficient (Wildman–Crippen LogP) is 4.85. The van der Waals surface area contributed by atoms with E-state index < -0.39 is 0 Å². The molecule has 0 bridgehead atoms. The Bertz CT molecular complexity index is 1160. The van der Waals surface area contributed by atoms with Crippen LogP contribution in [0.3, 0.4) is 0 Å². The van der Waals surface area contributed by atoms with Gasteiger partial charge in [-0.25, -0.2) is 0 Å². The molecule has 0 radical (unpaired) electrons. The SMILES string of the molecule is COc1ccccc1OCC(C)NC(=O)C1CCCN(Cc2nc(-c3ccc(Cl)cc3Cl)no2)C1. The number of benzene rings is 2. The number of methoxy groups -OCH3 is 1. The third-order valence-corrected chi connectivity index (χ3v) is 6.37. The number of amides is 1. The van der Waals surface area contributed by atoms with Gasteiger partial charge in [0.05, 0.1) is 30.6 Å². The highest BCUT2D eigenvalue weighted by Gasteiger charge is 2.28. The van der Waals surface area contributed by atoms with E-state index in [4.69, 9.17) is 37.2 Å². The quantitative estimate of drug-likeness (QED) is 0.433. The maximum atomic E-state index is 12.9. The Morgan fingerprint density at radius 3 is 2.83 bits per heavy atom. The van der Waals surface area contributed by atoms with Crippen LogP contribution in [0.4, 0.5) is 0 Å². The first-order valence-electron chi connectivity index (χ1n) is 11.5. The second-order valence-corrected chi connectivity index (χ2v) is 9.43. The number of likely N-dealkylation sites (tertiary alicyclic amines) is 1. The maximum absolute atomic E-state index is 12.9. The lowest BCUT2D eigenvalue weighted by molar-refractivity contribution is -0.127. The van der Waals surface area contributed by atoms with Gasteiger partial charge in [-0.3, -0.25) is 9.69 Å². The Balaban J connectivity index is 1.28. The van der Waals surface area contributed by atoms with Crippen molar-refractivity contribution in [2.24, 2.45) is 5.92 Å². The van der Waals surface area contributed by atoms with E-state index in [2.05, 4.69) is 20.4 Å². The monoisotopic (exact) mass is 518 g/mol. The van der Waals surface area contributed by atoms with E-state index in [0.29, 0.717) is 58.5 Å². The average molecular weight is 519 g/mol. The summed E-state index contributed by atoms with van der Waals surface area (Å²) in [5, 5.41) is 8.12. The highest BCUT2D eigenvalue weighted by Crippen LogP contribution is 2.29. The number of hydrogen-bond donors (Lipinski definition) is 1. The average Bonchev–Trinajstić information content (AvgIpc) is 3.31. The molecule has 1 amide bonds. The van der Waals surface area contributed by atoms with Gasteiger partial charge in [0.1, 0.15) is 6.61 Å². The highest BCUT2D eigenvalue weighted by atomic mass is 35.5. The van der Waals surface area contributed by atoms with E-state index >= 15 is 0 Å².